The Bertz CT molecular complexity index is 678. The number of hydrazone groups is 1. The summed E-state index contributed by atoms with van der Waals surface area (Å²) in [5.74, 6) is 2.62. The Morgan fingerprint density at radius 2 is 1.87 bits per heavy atom. The summed E-state index contributed by atoms with van der Waals surface area (Å²) < 4.78 is 0. The summed E-state index contributed by atoms with van der Waals surface area (Å²) in [6, 6.07) is 8.79. The van der Waals surface area contributed by atoms with Gasteiger partial charge in [-0.1, -0.05) is 0 Å². The Balaban J connectivity index is 1.69. The monoisotopic (exact) mass is 311 g/mol. The number of aryl methyl sites for hydroxylation is 1. The van der Waals surface area contributed by atoms with E-state index in [4.69, 9.17) is 0 Å². The second-order valence-electron chi connectivity index (χ2n) is 5.67. The Kier molecular flexibility index (Phi) is 4.71. The van der Waals surface area contributed by atoms with Gasteiger partial charge in [-0.05, 0) is 56.0 Å². The third-order valence-electron chi connectivity index (χ3n) is 3.79. The maximum absolute atomic E-state index is 9.26. The minimum absolute atomic E-state index is 0.243. The Labute approximate surface area is 135 Å². The van der Waals surface area contributed by atoms with Crippen molar-refractivity contribution in [2.75, 3.05) is 23.4 Å². The Hall–Kier alpha value is -2.63. The molecule has 3 rings (SSSR count). The third-order valence-corrected chi connectivity index (χ3v) is 3.79. The fraction of sp³-hybridized carbons (Fsp3) is 0.353. The van der Waals surface area contributed by atoms with Crippen molar-refractivity contribution in [1.82, 2.24) is 9.97 Å². The molecule has 0 bridgehead atoms. The van der Waals surface area contributed by atoms with Crippen LogP contribution in [0.2, 0.25) is 0 Å². The van der Waals surface area contributed by atoms with Crippen LogP contribution in [0.1, 0.15) is 30.7 Å². The van der Waals surface area contributed by atoms with Crippen LogP contribution in [-0.4, -0.2) is 34.4 Å². The molecule has 1 saturated heterocycles. The average molecular weight is 311 g/mol. The standard InChI is InChI=1S/C17H21N5O/c1-13-19-16(11-17(20-13)22-9-3-2-4-10-22)21-18-12-14-5-7-15(23)8-6-14/h5-8,11-12,23H,2-4,9-10H2,1H3,(H,19,20,21). The van der Waals surface area contributed by atoms with E-state index in [-0.39, 0.29) is 5.75 Å². The van der Waals surface area contributed by atoms with Gasteiger partial charge in [-0.3, -0.25) is 5.43 Å². The molecule has 0 saturated carbocycles. The van der Waals surface area contributed by atoms with Crippen molar-refractivity contribution >= 4 is 17.9 Å². The van der Waals surface area contributed by atoms with Gasteiger partial charge in [-0.15, -0.1) is 0 Å². The summed E-state index contributed by atoms with van der Waals surface area (Å²) in [4.78, 5) is 11.2. The number of benzene rings is 1. The molecule has 23 heavy (non-hydrogen) atoms. The number of aromatic nitrogens is 2. The van der Waals surface area contributed by atoms with Gasteiger partial charge in [0.2, 0.25) is 0 Å². The minimum atomic E-state index is 0.243. The van der Waals surface area contributed by atoms with Crippen molar-refractivity contribution in [3.8, 4) is 5.75 Å². The van der Waals surface area contributed by atoms with E-state index in [1.807, 2.05) is 13.0 Å². The Morgan fingerprint density at radius 3 is 2.61 bits per heavy atom. The van der Waals surface area contributed by atoms with Gasteiger partial charge in [-0.25, -0.2) is 9.97 Å². The number of nitrogens with zero attached hydrogens (tertiary/aromatic N) is 4. The van der Waals surface area contributed by atoms with Gasteiger partial charge < -0.3 is 10.0 Å². The smallest absolute Gasteiger partial charge is 0.152 e. The summed E-state index contributed by atoms with van der Waals surface area (Å²) >= 11 is 0. The molecule has 2 heterocycles. The first kappa shape index (κ1) is 15.3. The lowest BCUT2D eigenvalue weighted by Gasteiger charge is -2.27. The molecule has 120 valence electrons. The van der Waals surface area contributed by atoms with Crippen molar-refractivity contribution < 1.29 is 5.11 Å². The maximum atomic E-state index is 9.26. The first-order valence-corrected chi connectivity index (χ1v) is 7.89. The molecule has 1 aliphatic heterocycles. The molecule has 1 aromatic heterocycles. The van der Waals surface area contributed by atoms with Gasteiger partial charge in [0.25, 0.3) is 0 Å². The summed E-state index contributed by atoms with van der Waals surface area (Å²) in [6.45, 7) is 3.99. The molecular formula is C17H21N5O. The number of aromatic hydroxyl groups is 1. The number of nitrogens with one attached hydrogen (secondary N) is 1. The second kappa shape index (κ2) is 7.09. The molecule has 0 atom stereocenters. The molecule has 1 aromatic carbocycles. The van der Waals surface area contributed by atoms with Crippen LogP contribution in [0, 0.1) is 6.92 Å². The fourth-order valence-corrected chi connectivity index (χ4v) is 2.63. The largest absolute Gasteiger partial charge is 0.508 e. The molecule has 1 fully saturated rings. The topological polar surface area (TPSA) is 73.6 Å². The molecule has 6 nitrogen and oxygen atoms in total. The molecule has 0 aliphatic carbocycles. The molecule has 2 N–H and O–H groups in total. The van der Waals surface area contributed by atoms with E-state index >= 15 is 0 Å². The summed E-state index contributed by atoms with van der Waals surface area (Å²) in [6.07, 6.45) is 5.41. The number of piperidine rings is 1. The average Bonchev–Trinajstić information content (AvgIpc) is 2.57. The van der Waals surface area contributed by atoms with Crippen LogP contribution in [-0.2, 0) is 0 Å². The SMILES string of the molecule is Cc1nc(NN=Cc2ccc(O)cc2)cc(N2CCCCC2)n1. The molecule has 0 amide bonds. The zero-order chi connectivity index (χ0) is 16.1. The van der Waals surface area contributed by atoms with E-state index in [0.717, 1.165) is 30.3 Å². The highest BCUT2D eigenvalue weighted by molar-refractivity contribution is 5.80. The second-order valence-corrected chi connectivity index (χ2v) is 5.67. The van der Waals surface area contributed by atoms with Gasteiger partial charge >= 0.3 is 0 Å². The number of phenols is 1. The quantitative estimate of drug-likeness (QED) is 0.671. The molecule has 0 radical (unpaired) electrons. The van der Waals surface area contributed by atoms with Crippen LogP contribution in [0.15, 0.2) is 35.4 Å². The predicted octanol–water partition coefficient (Wildman–Crippen LogP) is 2.93. The molecule has 2 aromatic rings. The number of rotatable bonds is 4. The summed E-state index contributed by atoms with van der Waals surface area (Å²) in [5.41, 5.74) is 3.86. The third kappa shape index (κ3) is 4.18. The summed E-state index contributed by atoms with van der Waals surface area (Å²) in [5, 5.41) is 13.5. The van der Waals surface area contributed by atoms with E-state index in [1.165, 1.54) is 19.3 Å². The summed E-state index contributed by atoms with van der Waals surface area (Å²) in [7, 11) is 0. The Morgan fingerprint density at radius 1 is 1.13 bits per heavy atom. The van der Waals surface area contributed by atoms with E-state index in [2.05, 4.69) is 25.4 Å². The normalized spacial score (nSPS) is 15.1. The number of anilines is 2. The fourth-order valence-electron chi connectivity index (χ4n) is 2.63. The van der Waals surface area contributed by atoms with E-state index in [9.17, 15) is 5.11 Å². The molecule has 0 spiro atoms. The van der Waals surface area contributed by atoms with Crippen molar-refractivity contribution in [1.29, 1.82) is 0 Å². The van der Waals surface area contributed by atoms with Crippen LogP contribution >= 0.6 is 0 Å². The molecule has 6 heteroatoms. The minimum Gasteiger partial charge on any atom is -0.508 e. The van der Waals surface area contributed by atoms with E-state index in [1.54, 1.807) is 30.5 Å². The van der Waals surface area contributed by atoms with Crippen LogP contribution in [0.25, 0.3) is 0 Å². The van der Waals surface area contributed by atoms with Gasteiger partial charge in [-0.2, -0.15) is 5.10 Å². The highest BCUT2D eigenvalue weighted by atomic mass is 16.3. The number of phenolic OH excluding ortho intramolecular Hbond substituents is 1. The van der Waals surface area contributed by atoms with Crippen LogP contribution in [0.5, 0.6) is 5.75 Å². The van der Waals surface area contributed by atoms with E-state index in [0.29, 0.717) is 5.82 Å². The van der Waals surface area contributed by atoms with Crippen LogP contribution in [0.4, 0.5) is 11.6 Å². The molecule has 0 unspecified atom stereocenters. The van der Waals surface area contributed by atoms with Gasteiger partial charge in [0.05, 0.1) is 6.21 Å². The van der Waals surface area contributed by atoms with E-state index < -0.39 is 0 Å². The first-order valence-electron chi connectivity index (χ1n) is 7.89. The number of hydrogen-bond donors (Lipinski definition) is 2. The van der Waals surface area contributed by atoms with Crippen LogP contribution < -0.4 is 10.3 Å². The van der Waals surface area contributed by atoms with Crippen molar-refractivity contribution in [3.05, 3.63) is 41.7 Å². The molecule has 1 aliphatic rings. The van der Waals surface area contributed by atoms with Gasteiger partial charge in [0, 0.05) is 19.2 Å². The van der Waals surface area contributed by atoms with Crippen molar-refractivity contribution in [2.24, 2.45) is 5.10 Å². The first-order chi connectivity index (χ1) is 11.2. The molecular weight excluding hydrogens is 290 g/mol. The lowest BCUT2D eigenvalue weighted by Crippen LogP contribution is -2.30. The highest BCUT2D eigenvalue weighted by Gasteiger charge is 2.13. The van der Waals surface area contributed by atoms with Gasteiger partial charge in [0.15, 0.2) is 5.82 Å². The predicted molar refractivity (Wildman–Crippen MR) is 92.2 cm³/mol. The zero-order valence-electron chi connectivity index (χ0n) is 13.2. The van der Waals surface area contributed by atoms with Gasteiger partial charge in [0.1, 0.15) is 17.4 Å². The zero-order valence-corrected chi connectivity index (χ0v) is 13.2. The van der Waals surface area contributed by atoms with Crippen molar-refractivity contribution in [3.63, 3.8) is 0 Å². The van der Waals surface area contributed by atoms with Crippen molar-refractivity contribution in [2.45, 2.75) is 26.2 Å². The lowest BCUT2D eigenvalue weighted by atomic mass is 10.1. The number of hydrogen-bond acceptors (Lipinski definition) is 6. The highest BCUT2D eigenvalue weighted by Crippen LogP contribution is 2.20. The maximum Gasteiger partial charge on any atom is 0.152 e. The van der Waals surface area contributed by atoms with Crippen LogP contribution in [0.3, 0.4) is 0 Å². The lowest BCUT2D eigenvalue weighted by molar-refractivity contribution is 0.475.